The maximum Gasteiger partial charge on any atom is 0.123 e. The molecule has 0 spiro atoms. The fourth-order valence-corrected chi connectivity index (χ4v) is 2.44. The molecule has 0 saturated carbocycles. The maximum atomic E-state index is 12.9. The highest BCUT2D eigenvalue weighted by Crippen LogP contribution is 2.15. The Morgan fingerprint density at radius 2 is 1.86 bits per heavy atom. The molecule has 21 heavy (non-hydrogen) atoms. The van der Waals surface area contributed by atoms with Gasteiger partial charge in [-0.3, -0.25) is 0 Å². The van der Waals surface area contributed by atoms with Gasteiger partial charge >= 0.3 is 0 Å². The summed E-state index contributed by atoms with van der Waals surface area (Å²) in [6, 6.07) is 14.9. The summed E-state index contributed by atoms with van der Waals surface area (Å²) in [5, 5.41) is 0. The Morgan fingerprint density at radius 1 is 1.14 bits per heavy atom. The molecule has 0 aromatic heterocycles. The zero-order valence-corrected chi connectivity index (χ0v) is 12.7. The van der Waals surface area contributed by atoms with Crippen LogP contribution in [0.25, 0.3) is 0 Å². The summed E-state index contributed by atoms with van der Waals surface area (Å²) in [6.07, 6.45) is 0.855. The van der Waals surface area contributed by atoms with E-state index in [1.165, 1.54) is 23.3 Å². The summed E-state index contributed by atoms with van der Waals surface area (Å²) in [5.41, 5.74) is 9.74. The lowest BCUT2D eigenvalue weighted by molar-refractivity contribution is 0.311. The Balaban J connectivity index is 1.83. The van der Waals surface area contributed by atoms with Gasteiger partial charge in [-0.2, -0.15) is 0 Å². The molecule has 2 nitrogen and oxygen atoms in total. The molecule has 0 amide bonds. The second-order valence-electron chi connectivity index (χ2n) is 5.67. The summed E-state index contributed by atoms with van der Waals surface area (Å²) < 4.78 is 12.9. The Hall–Kier alpha value is -1.71. The molecule has 112 valence electrons. The van der Waals surface area contributed by atoms with E-state index >= 15 is 0 Å². The van der Waals surface area contributed by atoms with Crippen LogP contribution in [0.3, 0.4) is 0 Å². The fraction of sp³-hybridized carbons (Fsp3) is 0.333. The first-order valence-corrected chi connectivity index (χ1v) is 7.30. The largest absolute Gasteiger partial charge is 0.324 e. The van der Waals surface area contributed by atoms with Crippen LogP contribution in [-0.4, -0.2) is 18.5 Å². The van der Waals surface area contributed by atoms with Gasteiger partial charge in [-0.1, -0.05) is 42.0 Å². The van der Waals surface area contributed by atoms with E-state index in [1.807, 2.05) is 0 Å². The van der Waals surface area contributed by atoms with Gasteiger partial charge in [0.2, 0.25) is 0 Å². The van der Waals surface area contributed by atoms with Gasteiger partial charge in [0.25, 0.3) is 0 Å². The van der Waals surface area contributed by atoms with Crippen LogP contribution >= 0.6 is 0 Å². The maximum absolute atomic E-state index is 12.9. The van der Waals surface area contributed by atoms with Crippen LogP contribution in [0.4, 0.5) is 4.39 Å². The summed E-state index contributed by atoms with van der Waals surface area (Å²) in [5.74, 6) is -0.220. The molecular weight excluding hydrogens is 263 g/mol. The van der Waals surface area contributed by atoms with Crippen molar-refractivity contribution in [1.29, 1.82) is 0 Å². The number of hydrogen-bond donors (Lipinski definition) is 1. The Labute approximate surface area is 126 Å². The second-order valence-corrected chi connectivity index (χ2v) is 5.67. The van der Waals surface area contributed by atoms with Gasteiger partial charge in [0.15, 0.2) is 0 Å². The lowest BCUT2D eigenvalue weighted by Gasteiger charge is -2.20. The van der Waals surface area contributed by atoms with Crippen molar-refractivity contribution in [3.05, 3.63) is 71.0 Å². The van der Waals surface area contributed by atoms with Crippen molar-refractivity contribution in [2.24, 2.45) is 5.73 Å². The molecule has 2 N–H and O–H groups in total. The molecule has 2 rings (SSSR count). The second kappa shape index (κ2) is 7.34. The van der Waals surface area contributed by atoms with Crippen LogP contribution in [0.1, 0.15) is 29.2 Å². The van der Waals surface area contributed by atoms with E-state index < -0.39 is 0 Å². The SMILES string of the molecule is Cc1cccc(CN(C)CCC(N)c2ccc(F)cc2)c1. The highest BCUT2D eigenvalue weighted by atomic mass is 19.1. The van der Waals surface area contributed by atoms with Gasteiger partial charge in [0.05, 0.1) is 0 Å². The first kappa shape index (κ1) is 15.7. The Morgan fingerprint density at radius 3 is 2.52 bits per heavy atom. The van der Waals surface area contributed by atoms with Gasteiger partial charge in [-0.25, -0.2) is 4.39 Å². The lowest BCUT2D eigenvalue weighted by atomic mass is 10.0. The average Bonchev–Trinajstić information content (AvgIpc) is 2.45. The van der Waals surface area contributed by atoms with Crippen LogP contribution in [0.2, 0.25) is 0 Å². The molecule has 0 aliphatic rings. The predicted octanol–water partition coefficient (Wildman–Crippen LogP) is 3.66. The molecule has 3 heteroatoms. The minimum atomic E-state index is -0.220. The summed E-state index contributed by atoms with van der Waals surface area (Å²) in [4.78, 5) is 2.26. The molecule has 1 unspecified atom stereocenters. The summed E-state index contributed by atoms with van der Waals surface area (Å²) >= 11 is 0. The molecule has 0 aliphatic carbocycles. The zero-order chi connectivity index (χ0) is 15.2. The van der Waals surface area contributed by atoms with Crippen molar-refractivity contribution in [3.8, 4) is 0 Å². The number of nitrogens with two attached hydrogens (primary N) is 1. The van der Waals surface area contributed by atoms with Crippen LogP contribution in [0, 0.1) is 12.7 Å². The van der Waals surface area contributed by atoms with Crippen molar-refractivity contribution < 1.29 is 4.39 Å². The van der Waals surface area contributed by atoms with Gasteiger partial charge < -0.3 is 10.6 Å². The molecule has 0 heterocycles. The number of nitrogens with zero attached hydrogens (tertiary/aromatic N) is 1. The van der Waals surface area contributed by atoms with E-state index in [0.29, 0.717) is 0 Å². The summed E-state index contributed by atoms with van der Waals surface area (Å²) in [6.45, 7) is 3.93. The Bertz CT molecular complexity index is 566. The lowest BCUT2D eigenvalue weighted by Crippen LogP contribution is -2.23. The number of rotatable bonds is 6. The molecule has 0 aliphatic heterocycles. The molecule has 0 fully saturated rings. The predicted molar refractivity (Wildman–Crippen MR) is 85.5 cm³/mol. The van der Waals surface area contributed by atoms with Crippen molar-refractivity contribution in [2.45, 2.75) is 25.9 Å². The molecule has 0 radical (unpaired) electrons. The standard InChI is InChI=1S/C18H23FN2/c1-14-4-3-5-15(12-14)13-21(2)11-10-18(20)16-6-8-17(19)9-7-16/h3-9,12,18H,10-11,13,20H2,1-2H3. The number of hydrogen-bond acceptors (Lipinski definition) is 2. The van der Waals surface area contributed by atoms with E-state index in [1.54, 1.807) is 12.1 Å². The van der Waals surface area contributed by atoms with Crippen LogP contribution in [-0.2, 0) is 6.54 Å². The van der Waals surface area contributed by atoms with Crippen LogP contribution in [0.5, 0.6) is 0 Å². The molecular formula is C18H23FN2. The highest BCUT2D eigenvalue weighted by molar-refractivity contribution is 5.22. The minimum absolute atomic E-state index is 0.0504. The molecule has 2 aromatic rings. The third-order valence-electron chi connectivity index (χ3n) is 3.65. The first-order chi connectivity index (χ1) is 10.0. The van der Waals surface area contributed by atoms with Crippen molar-refractivity contribution in [2.75, 3.05) is 13.6 Å². The third-order valence-corrected chi connectivity index (χ3v) is 3.65. The van der Waals surface area contributed by atoms with Crippen LogP contribution < -0.4 is 5.73 Å². The fourth-order valence-electron chi connectivity index (χ4n) is 2.44. The first-order valence-electron chi connectivity index (χ1n) is 7.30. The number of aryl methyl sites for hydroxylation is 1. The Kier molecular flexibility index (Phi) is 5.48. The molecule has 2 aromatic carbocycles. The topological polar surface area (TPSA) is 29.3 Å². The van der Waals surface area contributed by atoms with Crippen LogP contribution in [0.15, 0.2) is 48.5 Å². The van der Waals surface area contributed by atoms with Crippen molar-refractivity contribution in [1.82, 2.24) is 4.90 Å². The van der Waals surface area contributed by atoms with Gasteiger partial charge in [-0.05, 0) is 50.2 Å². The molecule has 0 saturated heterocycles. The van der Waals surface area contributed by atoms with E-state index in [9.17, 15) is 4.39 Å². The van der Waals surface area contributed by atoms with Gasteiger partial charge in [0.1, 0.15) is 5.82 Å². The quantitative estimate of drug-likeness (QED) is 0.878. The average molecular weight is 286 g/mol. The van der Waals surface area contributed by atoms with Gasteiger partial charge in [0, 0.05) is 12.6 Å². The minimum Gasteiger partial charge on any atom is -0.324 e. The molecule has 1 atom stereocenters. The smallest absolute Gasteiger partial charge is 0.123 e. The van der Waals surface area contributed by atoms with Crippen molar-refractivity contribution in [3.63, 3.8) is 0 Å². The van der Waals surface area contributed by atoms with E-state index in [0.717, 1.165) is 25.1 Å². The molecule has 0 bridgehead atoms. The monoisotopic (exact) mass is 286 g/mol. The van der Waals surface area contributed by atoms with E-state index in [4.69, 9.17) is 5.73 Å². The van der Waals surface area contributed by atoms with E-state index in [-0.39, 0.29) is 11.9 Å². The van der Waals surface area contributed by atoms with Crippen molar-refractivity contribution >= 4 is 0 Å². The third kappa shape index (κ3) is 4.96. The highest BCUT2D eigenvalue weighted by Gasteiger charge is 2.08. The number of benzene rings is 2. The normalized spacial score (nSPS) is 12.6. The number of halogens is 1. The zero-order valence-electron chi connectivity index (χ0n) is 12.7. The summed E-state index contributed by atoms with van der Waals surface area (Å²) in [7, 11) is 2.10. The van der Waals surface area contributed by atoms with E-state index in [2.05, 4.69) is 43.1 Å². The van der Waals surface area contributed by atoms with Gasteiger partial charge in [-0.15, -0.1) is 0 Å².